The van der Waals surface area contributed by atoms with Crippen LogP contribution in [0.4, 0.5) is 5.69 Å². The Bertz CT molecular complexity index is 408. The number of fused-ring (bicyclic) bond motifs is 1. The van der Waals surface area contributed by atoms with Crippen LogP contribution in [0.1, 0.15) is 12.0 Å². The van der Waals surface area contributed by atoms with E-state index in [1.54, 1.807) is 0 Å². The lowest BCUT2D eigenvalue weighted by molar-refractivity contribution is -0.109. The molecule has 0 aliphatic carbocycles. The second-order valence-electron chi connectivity index (χ2n) is 3.71. The van der Waals surface area contributed by atoms with Gasteiger partial charge in [-0.25, -0.2) is 0 Å². The van der Waals surface area contributed by atoms with E-state index in [9.17, 15) is 4.79 Å². The van der Waals surface area contributed by atoms with Crippen molar-refractivity contribution in [3.8, 4) is 0 Å². The molecule has 4 heteroatoms. The number of anilines is 1. The molecule has 1 atom stereocenters. The third-order valence-electron chi connectivity index (χ3n) is 2.90. The van der Waals surface area contributed by atoms with Crippen molar-refractivity contribution < 1.29 is 4.79 Å². The predicted octanol–water partition coefficient (Wildman–Crippen LogP) is 3.05. The second-order valence-corrected chi connectivity index (χ2v) is 4.94. The Labute approximate surface area is 102 Å². The SMILES string of the molecule is CN1c2ccc(Br)c(Cl)c2CCC1C=O. The Hall–Kier alpha value is -0.540. The van der Waals surface area contributed by atoms with Gasteiger partial charge < -0.3 is 9.69 Å². The zero-order valence-corrected chi connectivity index (χ0v) is 10.7. The highest BCUT2D eigenvalue weighted by Crippen LogP contribution is 2.37. The molecular formula is C11H11BrClNO. The fraction of sp³-hybridized carbons (Fsp3) is 0.364. The van der Waals surface area contributed by atoms with Gasteiger partial charge in [0.05, 0.1) is 11.1 Å². The lowest BCUT2D eigenvalue weighted by Gasteiger charge is -2.33. The van der Waals surface area contributed by atoms with E-state index in [-0.39, 0.29) is 6.04 Å². The average Bonchev–Trinajstić information content (AvgIpc) is 2.24. The minimum Gasteiger partial charge on any atom is -0.365 e. The molecule has 1 aromatic rings. The molecule has 0 N–H and O–H groups in total. The predicted molar refractivity (Wildman–Crippen MR) is 65.7 cm³/mol. The lowest BCUT2D eigenvalue weighted by Crippen LogP contribution is -2.37. The maximum Gasteiger partial charge on any atom is 0.142 e. The Kier molecular flexibility index (Phi) is 3.03. The average molecular weight is 289 g/mol. The molecule has 0 saturated carbocycles. The molecule has 2 nitrogen and oxygen atoms in total. The summed E-state index contributed by atoms with van der Waals surface area (Å²) in [4.78, 5) is 12.8. The monoisotopic (exact) mass is 287 g/mol. The van der Waals surface area contributed by atoms with Crippen LogP contribution in [0.5, 0.6) is 0 Å². The van der Waals surface area contributed by atoms with Crippen molar-refractivity contribution in [2.45, 2.75) is 18.9 Å². The quantitative estimate of drug-likeness (QED) is 0.740. The first-order chi connectivity index (χ1) is 7.15. The molecule has 1 heterocycles. The highest BCUT2D eigenvalue weighted by molar-refractivity contribution is 9.10. The molecule has 0 radical (unpaired) electrons. The molecule has 15 heavy (non-hydrogen) atoms. The molecule has 0 fully saturated rings. The highest BCUT2D eigenvalue weighted by Gasteiger charge is 2.24. The fourth-order valence-electron chi connectivity index (χ4n) is 1.97. The molecule has 1 aliphatic heterocycles. The molecule has 0 bridgehead atoms. The van der Waals surface area contributed by atoms with E-state index < -0.39 is 0 Å². The van der Waals surface area contributed by atoms with Crippen LogP contribution in [0, 0.1) is 0 Å². The Morgan fingerprint density at radius 1 is 1.60 bits per heavy atom. The van der Waals surface area contributed by atoms with Gasteiger partial charge in [-0.3, -0.25) is 0 Å². The van der Waals surface area contributed by atoms with Gasteiger partial charge in [0.15, 0.2) is 0 Å². The smallest absolute Gasteiger partial charge is 0.142 e. The van der Waals surface area contributed by atoms with Crippen LogP contribution < -0.4 is 4.90 Å². The number of benzene rings is 1. The van der Waals surface area contributed by atoms with Gasteiger partial charge in [-0.2, -0.15) is 0 Å². The maximum atomic E-state index is 10.8. The molecule has 80 valence electrons. The van der Waals surface area contributed by atoms with Crippen molar-refractivity contribution in [2.75, 3.05) is 11.9 Å². The molecule has 1 aliphatic rings. The van der Waals surface area contributed by atoms with E-state index in [1.807, 2.05) is 24.1 Å². The molecule has 0 saturated heterocycles. The number of halogens is 2. The minimum atomic E-state index is -0.0188. The van der Waals surface area contributed by atoms with Gasteiger partial charge in [-0.15, -0.1) is 0 Å². The normalized spacial score (nSPS) is 19.9. The zero-order valence-electron chi connectivity index (χ0n) is 8.34. The van der Waals surface area contributed by atoms with Crippen molar-refractivity contribution in [1.82, 2.24) is 0 Å². The first-order valence-electron chi connectivity index (χ1n) is 4.80. The van der Waals surface area contributed by atoms with Crippen LogP contribution in [0.3, 0.4) is 0 Å². The number of aldehydes is 1. The van der Waals surface area contributed by atoms with Crippen molar-refractivity contribution in [1.29, 1.82) is 0 Å². The van der Waals surface area contributed by atoms with Gasteiger partial charge in [0, 0.05) is 17.2 Å². The summed E-state index contributed by atoms with van der Waals surface area (Å²) in [5.41, 5.74) is 2.19. The second kappa shape index (κ2) is 4.14. The fourth-order valence-corrected chi connectivity index (χ4v) is 2.60. The Morgan fingerprint density at radius 3 is 3.00 bits per heavy atom. The van der Waals surface area contributed by atoms with Crippen molar-refractivity contribution >= 4 is 39.5 Å². The van der Waals surface area contributed by atoms with Gasteiger partial charge in [0.1, 0.15) is 6.29 Å². The van der Waals surface area contributed by atoms with Crippen molar-refractivity contribution in [3.63, 3.8) is 0 Å². The number of hydrogen-bond acceptors (Lipinski definition) is 2. The number of carbonyl (C=O) groups is 1. The van der Waals surface area contributed by atoms with Crippen molar-refractivity contribution in [2.24, 2.45) is 0 Å². The van der Waals surface area contributed by atoms with Gasteiger partial charge in [0.25, 0.3) is 0 Å². The van der Waals surface area contributed by atoms with Crippen LogP contribution in [-0.2, 0) is 11.2 Å². The van der Waals surface area contributed by atoms with Crippen molar-refractivity contribution in [3.05, 3.63) is 27.2 Å². The molecule has 0 amide bonds. The van der Waals surface area contributed by atoms with E-state index in [4.69, 9.17) is 11.6 Å². The summed E-state index contributed by atoms with van der Waals surface area (Å²) >= 11 is 9.61. The first kappa shape index (κ1) is 11.0. The van der Waals surface area contributed by atoms with Crippen LogP contribution in [-0.4, -0.2) is 19.4 Å². The van der Waals surface area contributed by atoms with Crippen LogP contribution in [0.25, 0.3) is 0 Å². The highest BCUT2D eigenvalue weighted by atomic mass is 79.9. The number of rotatable bonds is 1. The lowest BCUT2D eigenvalue weighted by atomic mass is 9.97. The van der Waals surface area contributed by atoms with Crippen LogP contribution >= 0.6 is 27.5 Å². The molecule has 0 aromatic heterocycles. The summed E-state index contributed by atoms with van der Waals surface area (Å²) in [5, 5.41) is 0.767. The van der Waals surface area contributed by atoms with Crippen LogP contribution in [0.2, 0.25) is 5.02 Å². The van der Waals surface area contributed by atoms with Gasteiger partial charge in [-0.05, 0) is 46.5 Å². The summed E-state index contributed by atoms with van der Waals surface area (Å²) in [7, 11) is 1.93. The summed E-state index contributed by atoms with van der Waals surface area (Å²) in [5.74, 6) is 0. The number of nitrogens with zero attached hydrogens (tertiary/aromatic N) is 1. The maximum absolute atomic E-state index is 10.8. The summed E-state index contributed by atoms with van der Waals surface area (Å²) in [6.45, 7) is 0. The molecule has 0 spiro atoms. The third-order valence-corrected chi connectivity index (χ3v) is 4.22. The topological polar surface area (TPSA) is 20.3 Å². The summed E-state index contributed by atoms with van der Waals surface area (Å²) in [6.07, 6.45) is 2.70. The van der Waals surface area contributed by atoms with Crippen LogP contribution in [0.15, 0.2) is 16.6 Å². The van der Waals surface area contributed by atoms with E-state index in [0.29, 0.717) is 0 Å². The Morgan fingerprint density at radius 2 is 2.33 bits per heavy atom. The van der Waals surface area contributed by atoms with Gasteiger partial charge in [-0.1, -0.05) is 11.6 Å². The first-order valence-corrected chi connectivity index (χ1v) is 5.97. The molecular weight excluding hydrogens is 277 g/mol. The number of carbonyl (C=O) groups excluding carboxylic acids is 1. The number of hydrogen-bond donors (Lipinski definition) is 0. The van der Waals surface area contributed by atoms with E-state index in [2.05, 4.69) is 15.9 Å². The van der Waals surface area contributed by atoms with E-state index in [1.165, 1.54) is 0 Å². The molecule has 1 unspecified atom stereocenters. The largest absolute Gasteiger partial charge is 0.365 e. The summed E-state index contributed by atoms with van der Waals surface area (Å²) in [6, 6.07) is 3.90. The molecule has 2 rings (SSSR count). The standard InChI is InChI=1S/C11H11BrClNO/c1-14-7(6-15)2-3-8-10(14)5-4-9(12)11(8)13/h4-7H,2-3H2,1H3. The molecule has 1 aromatic carbocycles. The zero-order chi connectivity index (χ0) is 11.0. The Balaban J connectivity index is 2.50. The van der Waals surface area contributed by atoms with E-state index in [0.717, 1.165) is 39.9 Å². The third kappa shape index (κ3) is 1.79. The summed E-state index contributed by atoms with van der Waals surface area (Å²) < 4.78 is 0.917. The number of likely N-dealkylation sites (N-methyl/N-ethyl adjacent to an activating group) is 1. The minimum absolute atomic E-state index is 0.0188. The van der Waals surface area contributed by atoms with E-state index >= 15 is 0 Å². The van der Waals surface area contributed by atoms with Gasteiger partial charge >= 0.3 is 0 Å². The van der Waals surface area contributed by atoms with Gasteiger partial charge in [0.2, 0.25) is 0 Å².